The summed E-state index contributed by atoms with van der Waals surface area (Å²) in [5.41, 5.74) is 2.60. The van der Waals surface area contributed by atoms with Crippen molar-refractivity contribution in [3.63, 3.8) is 0 Å². The number of halogens is 4. The molecular formula is C18H16BrClF2N2O. The summed E-state index contributed by atoms with van der Waals surface area (Å²) in [4.78, 5) is 4.45. The number of nitrogens with one attached hydrogen (secondary N) is 1. The SMILES string of the molecule is FC(F)Oc1ccc(Br)cc1CCc1c(Cl)cccc1C1=NCCN1. The standard InChI is InChI=1S/C18H16BrClF2N2O/c19-12-5-7-16(25-18(21)22)11(10-12)4-6-13-14(2-1-3-15(13)20)17-23-8-9-24-17/h1-3,5,7,10,18H,4,6,8-9H2,(H,23,24). The quantitative estimate of drug-likeness (QED) is 0.713. The molecule has 0 unspecified atom stereocenters. The Labute approximate surface area is 158 Å². The van der Waals surface area contributed by atoms with E-state index in [9.17, 15) is 8.78 Å². The van der Waals surface area contributed by atoms with E-state index >= 15 is 0 Å². The molecule has 0 fully saturated rings. The van der Waals surface area contributed by atoms with Crippen molar-refractivity contribution in [2.45, 2.75) is 19.5 Å². The largest absolute Gasteiger partial charge is 0.435 e. The first-order chi connectivity index (χ1) is 12.0. The normalized spacial score (nSPS) is 13.7. The number of amidine groups is 1. The number of hydrogen-bond acceptors (Lipinski definition) is 3. The minimum atomic E-state index is -2.85. The summed E-state index contributed by atoms with van der Waals surface area (Å²) in [6.45, 7) is -1.31. The average Bonchev–Trinajstić information content (AvgIpc) is 3.09. The van der Waals surface area contributed by atoms with Gasteiger partial charge in [0.25, 0.3) is 0 Å². The Balaban J connectivity index is 1.86. The number of aryl methyl sites for hydroxylation is 1. The Morgan fingerprint density at radius 2 is 2.08 bits per heavy atom. The summed E-state index contributed by atoms with van der Waals surface area (Å²) < 4.78 is 30.7. The Hall–Kier alpha value is -1.66. The monoisotopic (exact) mass is 428 g/mol. The molecule has 0 atom stereocenters. The van der Waals surface area contributed by atoms with E-state index in [1.54, 1.807) is 18.2 Å². The lowest BCUT2D eigenvalue weighted by Gasteiger charge is -2.14. The fourth-order valence-electron chi connectivity index (χ4n) is 2.83. The van der Waals surface area contributed by atoms with Crippen LogP contribution >= 0.6 is 27.5 Å². The van der Waals surface area contributed by atoms with E-state index in [4.69, 9.17) is 11.6 Å². The maximum absolute atomic E-state index is 12.6. The van der Waals surface area contributed by atoms with Gasteiger partial charge in [-0.15, -0.1) is 0 Å². The molecule has 25 heavy (non-hydrogen) atoms. The van der Waals surface area contributed by atoms with Crippen LogP contribution in [0.2, 0.25) is 5.02 Å². The summed E-state index contributed by atoms with van der Waals surface area (Å²) >= 11 is 9.76. The number of ether oxygens (including phenoxy) is 1. The van der Waals surface area contributed by atoms with Crippen LogP contribution in [-0.4, -0.2) is 25.5 Å². The number of rotatable bonds is 6. The van der Waals surface area contributed by atoms with E-state index in [-0.39, 0.29) is 5.75 Å². The third-order valence-electron chi connectivity index (χ3n) is 3.93. The summed E-state index contributed by atoms with van der Waals surface area (Å²) in [5, 5.41) is 3.88. The van der Waals surface area contributed by atoms with Crippen molar-refractivity contribution >= 4 is 33.4 Å². The fraction of sp³-hybridized carbons (Fsp3) is 0.278. The van der Waals surface area contributed by atoms with Crippen LogP contribution in [0.25, 0.3) is 0 Å². The third-order valence-corrected chi connectivity index (χ3v) is 4.78. The van der Waals surface area contributed by atoms with Gasteiger partial charge in [-0.05, 0) is 48.2 Å². The maximum Gasteiger partial charge on any atom is 0.387 e. The first kappa shape index (κ1) is 18.1. The smallest absolute Gasteiger partial charge is 0.387 e. The van der Waals surface area contributed by atoms with Gasteiger partial charge in [0.1, 0.15) is 11.6 Å². The molecule has 0 radical (unpaired) electrons. The first-order valence-corrected chi connectivity index (χ1v) is 9.01. The molecule has 3 rings (SSSR count). The van der Waals surface area contributed by atoms with Crippen molar-refractivity contribution in [1.82, 2.24) is 5.32 Å². The van der Waals surface area contributed by atoms with E-state index in [1.165, 1.54) is 0 Å². The molecule has 0 saturated carbocycles. The topological polar surface area (TPSA) is 33.6 Å². The van der Waals surface area contributed by atoms with Gasteiger partial charge in [0.05, 0.1) is 6.54 Å². The molecule has 0 aromatic heterocycles. The minimum absolute atomic E-state index is 0.183. The predicted molar refractivity (Wildman–Crippen MR) is 99.0 cm³/mol. The Morgan fingerprint density at radius 3 is 2.80 bits per heavy atom. The highest BCUT2D eigenvalue weighted by molar-refractivity contribution is 9.10. The summed E-state index contributed by atoms with van der Waals surface area (Å²) in [5.74, 6) is 1.01. The second kappa shape index (κ2) is 8.15. The molecule has 2 aromatic rings. The van der Waals surface area contributed by atoms with Crippen molar-refractivity contribution in [2.75, 3.05) is 13.1 Å². The highest BCUT2D eigenvalue weighted by Gasteiger charge is 2.16. The molecule has 132 valence electrons. The highest BCUT2D eigenvalue weighted by Crippen LogP contribution is 2.28. The second-order valence-electron chi connectivity index (χ2n) is 5.55. The molecule has 1 heterocycles. The lowest BCUT2D eigenvalue weighted by molar-refractivity contribution is -0.0504. The molecule has 0 aliphatic carbocycles. The van der Waals surface area contributed by atoms with Gasteiger partial charge in [-0.2, -0.15) is 8.78 Å². The fourth-order valence-corrected chi connectivity index (χ4v) is 3.50. The molecule has 1 N–H and O–H groups in total. The maximum atomic E-state index is 12.6. The zero-order valence-corrected chi connectivity index (χ0v) is 15.6. The summed E-state index contributed by atoms with van der Waals surface area (Å²) in [6, 6.07) is 10.7. The first-order valence-electron chi connectivity index (χ1n) is 7.84. The van der Waals surface area contributed by atoms with Crippen LogP contribution in [0.4, 0.5) is 8.78 Å². The molecule has 3 nitrogen and oxygen atoms in total. The van der Waals surface area contributed by atoms with E-state index in [1.807, 2.05) is 18.2 Å². The molecule has 0 bridgehead atoms. The molecule has 0 amide bonds. The van der Waals surface area contributed by atoms with Crippen molar-refractivity contribution in [3.8, 4) is 5.75 Å². The van der Waals surface area contributed by atoms with Gasteiger partial charge < -0.3 is 10.1 Å². The van der Waals surface area contributed by atoms with Gasteiger partial charge in [-0.3, -0.25) is 4.99 Å². The number of alkyl halides is 2. The number of nitrogens with zero attached hydrogens (tertiary/aromatic N) is 1. The van der Waals surface area contributed by atoms with E-state index in [0.29, 0.717) is 23.4 Å². The van der Waals surface area contributed by atoms with Crippen LogP contribution in [0.3, 0.4) is 0 Å². The van der Waals surface area contributed by atoms with Crippen LogP contribution in [0.5, 0.6) is 5.75 Å². The van der Waals surface area contributed by atoms with Crippen molar-refractivity contribution < 1.29 is 13.5 Å². The van der Waals surface area contributed by atoms with Gasteiger partial charge in [0.15, 0.2) is 0 Å². The second-order valence-corrected chi connectivity index (χ2v) is 6.88. The minimum Gasteiger partial charge on any atom is -0.435 e. The average molecular weight is 430 g/mol. The lowest BCUT2D eigenvalue weighted by Crippen LogP contribution is -2.21. The molecule has 1 aliphatic heterocycles. The van der Waals surface area contributed by atoms with Gasteiger partial charge in [0.2, 0.25) is 0 Å². The zero-order chi connectivity index (χ0) is 17.8. The predicted octanol–water partition coefficient (Wildman–Crippen LogP) is 4.84. The lowest BCUT2D eigenvalue weighted by atomic mass is 9.98. The Morgan fingerprint density at radius 1 is 1.24 bits per heavy atom. The number of hydrogen-bond donors (Lipinski definition) is 1. The zero-order valence-electron chi connectivity index (χ0n) is 13.2. The molecule has 1 aliphatic rings. The Kier molecular flexibility index (Phi) is 5.91. The molecule has 0 spiro atoms. The van der Waals surface area contributed by atoms with E-state index in [2.05, 4.69) is 31.0 Å². The van der Waals surface area contributed by atoms with Crippen LogP contribution in [-0.2, 0) is 12.8 Å². The molecule has 2 aromatic carbocycles. The van der Waals surface area contributed by atoms with Crippen molar-refractivity contribution in [3.05, 3.63) is 62.6 Å². The number of aliphatic imine (C=N–C) groups is 1. The van der Waals surface area contributed by atoms with Crippen LogP contribution in [0.1, 0.15) is 16.7 Å². The van der Waals surface area contributed by atoms with Crippen molar-refractivity contribution in [2.24, 2.45) is 4.99 Å². The molecule has 7 heteroatoms. The van der Waals surface area contributed by atoms with Crippen LogP contribution in [0.15, 0.2) is 45.9 Å². The van der Waals surface area contributed by atoms with E-state index < -0.39 is 6.61 Å². The van der Waals surface area contributed by atoms with Gasteiger partial charge in [-0.25, -0.2) is 0 Å². The van der Waals surface area contributed by atoms with Crippen molar-refractivity contribution in [1.29, 1.82) is 0 Å². The van der Waals surface area contributed by atoms with Gasteiger partial charge in [-0.1, -0.05) is 39.7 Å². The highest BCUT2D eigenvalue weighted by atomic mass is 79.9. The Bertz CT molecular complexity index is 799. The summed E-state index contributed by atoms with van der Waals surface area (Å²) in [6.07, 6.45) is 1.11. The van der Waals surface area contributed by atoms with Crippen LogP contribution < -0.4 is 10.1 Å². The van der Waals surface area contributed by atoms with Crippen LogP contribution in [0, 0.1) is 0 Å². The number of benzene rings is 2. The molecule has 0 saturated heterocycles. The van der Waals surface area contributed by atoms with Gasteiger partial charge in [0, 0.05) is 21.6 Å². The molecular weight excluding hydrogens is 414 g/mol. The van der Waals surface area contributed by atoms with E-state index in [0.717, 1.165) is 34.5 Å². The van der Waals surface area contributed by atoms with Gasteiger partial charge >= 0.3 is 6.61 Å². The third kappa shape index (κ3) is 4.50. The summed E-state index contributed by atoms with van der Waals surface area (Å²) in [7, 11) is 0.